The number of aliphatic carboxylic acids is 1. The lowest BCUT2D eigenvalue weighted by atomic mass is 10.3. The third kappa shape index (κ3) is 4.32. The van der Waals surface area contributed by atoms with E-state index in [1.807, 2.05) is 12.1 Å². The van der Waals surface area contributed by atoms with Crippen LogP contribution in [0.1, 0.15) is 6.42 Å². The second-order valence-electron chi connectivity index (χ2n) is 3.93. The molecule has 0 bridgehead atoms. The van der Waals surface area contributed by atoms with E-state index in [9.17, 15) is 9.59 Å². The summed E-state index contributed by atoms with van der Waals surface area (Å²) in [6.07, 6.45) is 0.182. The zero-order chi connectivity index (χ0) is 14.3. The summed E-state index contributed by atoms with van der Waals surface area (Å²) in [4.78, 5) is 25.3. The maximum absolute atomic E-state index is 12.2. The van der Waals surface area contributed by atoms with Crippen LogP contribution in [-0.4, -0.2) is 42.1 Å². The second kappa shape index (κ2) is 7.01. The Balaban J connectivity index is 2.88. The van der Waals surface area contributed by atoms with Gasteiger partial charge in [0, 0.05) is 19.3 Å². The molecule has 6 heteroatoms. The number of rotatable bonds is 5. The molecule has 0 aliphatic heterocycles. The molecule has 0 aliphatic carbocycles. The Morgan fingerprint density at radius 2 is 1.95 bits per heavy atom. The number of hydrogen-bond acceptors (Lipinski definition) is 3. The topological polar surface area (TPSA) is 84.6 Å². The summed E-state index contributed by atoms with van der Waals surface area (Å²) in [6.45, 7) is -0.155. The highest BCUT2D eigenvalue weighted by molar-refractivity contribution is 5.93. The van der Waals surface area contributed by atoms with Crippen LogP contribution in [0.5, 0.6) is 0 Å². The molecule has 1 rings (SSSR count). The Labute approximate surface area is 111 Å². The molecule has 1 aromatic carbocycles. The van der Waals surface area contributed by atoms with Gasteiger partial charge >= 0.3 is 12.0 Å². The number of carbonyl (C=O) groups is 2. The van der Waals surface area contributed by atoms with Crippen LogP contribution < -0.4 is 4.90 Å². The molecule has 2 amide bonds. The smallest absolute Gasteiger partial charge is 0.324 e. The van der Waals surface area contributed by atoms with E-state index >= 15 is 0 Å². The van der Waals surface area contributed by atoms with Crippen molar-refractivity contribution in [3.63, 3.8) is 0 Å². The Hall–Kier alpha value is -2.55. The fourth-order valence-corrected chi connectivity index (χ4v) is 1.58. The molecule has 1 N–H and O–H groups in total. The molecule has 0 unspecified atom stereocenters. The van der Waals surface area contributed by atoms with Crippen LogP contribution in [0.2, 0.25) is 0 Å². The minimum atomic E-state index is -1.08. The maximum Gasteiger partial charge on any atom is 0.324 e. The molecule has 0 aromatic heterocycles. The van der Waals surface area contributed by atoms with Gasteiger partial charge in [-0.15, -0.1) is 0 Å². The van der Waals surface area contributed by atoms with E-state index in [1.165, 1.54) is 11.9 Å². The molecule has 0 saturated heterocycles. The van der Waals surface area contributed by atoms with Crippen LogP contribution >= 0.6 is 0 Å². The maximum atomic E-state index is 12.2. The standard InChI is InChI=1S/C13H15N3O3/c1-15(10-12(17)18)13(19)16(9-5-8-14)11-6-3-2-4-7-11/h2-4,6-7H,5,9-10H2,1H3,(H,17,18). The van der Waals surface area contributed by atoms with E-state index in [0.717, 1.165) is 4.90 Å². The van der Waals surface area contributed by atoms with Gasteiger partial charge in [0.1, 0.15) is 6.54 Å². The minimum absolute atomic E-state index is 0.182. The van der Waals surface area contributed by atoms with Crippen LogP contribution in [0.4, 0.5) is 10.5 Å². The highest BCUT2D eigenvalue weighted by Gasteiger charge is 2.20. The third-order valence-electron chi connectivity index (χ3n) is 2.44. The number of urea groups is 1. The van der Waals surface area contributed by atoms with Gasteiger partial charge in [0.25, 0.3) is 0 Å². The van der Waals surface area contributed by atoms with Crippen molar-refractivity contribution in [2.24, 2.45) is 0 Å². The lowest BCUT2D eigenvalue weighted by Crippen LogP contribution is -2.43. The molecule has 0 radical (unpaired) electrons. The molecule has 1 aromatic rings. The van der Waals surface area contributed by atoms with Crippen molar-refractivity contribution in [1.29, 1.82) is 5.26 Å². The first-order valence-corrected chi connectivity index (χ1v) is 5.72. The molecular formula is C13H15N3O3. The van der Waals surface area contributed by atoms with Crippen molar-refractivity contribution < 1.29 is 14.7 Å². The highest BCUT2D eigenvalue weighted by Crippen LogP contribution is 2.15. The number of hydrogen-bond donors (Lipinski definition) is 1. The predicted molar refractivity (Wildman–Crippen MR) is 69.7 cm³/mol. The number of anilines is 1. The van der Waals surface area contributed by atoms with Crippen molar-refractivity contribution in [3.05, 3.63) is 30.3 Å². The van der Waals surface area contributed by atoms with Crippen LogP contribution in [0.25, 0.3) is 0 Å². The Bertz CT molecular complexity index is 482. The molecule has 6 nitrogen and oxygen atoms in total. The van der Waals surface area contributed by atoms with Crippen molar-refractivity contribution in [1.82, 2.24) is 4.90 Å². The van der Waals surface area contributed by atoms with E-state index in [2.05, 4.69) is 0 Å². The van der Waals surface area contributed by atoms with Gasteiger partial charge in [-0.25, -0.2) is 4.79 Å². The quantitative estimate of drug-likeness (QED) is 0.871. The Kier molecular flexibility index (Phi) is 5.35. The number of carboxylic acids is 1. The molecule has 0 aliphatic rings. The number of nitriles is 1. The molecule has 0 spiro atoms. The van der Waals surface area contributed by atoms with Crippen molar-refractivity contribution in [2.75, 3.05) is 25.0 Å². The number of para-hydroxylation sites is 1. The summed E-state index contributed by atoms with van der Waals surface area (Å²) in [5.41, 5.74) is 0.639. The average Bonchev–Trinajstić information content (AvgIpc) is 2.39. The summed E-state index contributed by atoms with van der Waals surface area (Å²) < 4.78 is 0. The summed E-state index contributed by atoms with van der Waals surface area (Å²) in [6, 6.07) is 10.4. The fourth-order valence-electron chi connectivity index (χ4n) is 1.58. The van der Waals surface area contributed by atoms with Gasteiger partial charge in [0.2, 0.25) is 0 Å². The summed E-state index contributed by atoms with van der Waals surface area (Å²) in [5.74, 6) is -1.08. The van der Waals surface area contributed by atoms with Gasteiger partial charge in [-0.3, -0.25) is 9.69 Å². The number of nitrogens with zero attached hydrogens (tertiary/aromatic N) is 3. The van der Waals surface area contributed by atoms with Crippen LogP contribution in [0.3, 0.4) is 0 Å². The van der Waals surface area contributed by atoms with Crippen molar-refractivity contribution in [2.45, 2.75) is 6.42 Å². The fraction of sp³-hybridized carbons (Fsp3) is 0.308. The SMILES string of the molecule is CN(CC(=O)O)C(=O)N(CCC#N)c1ccccc1. The van der Waals surface area contributed by atoms with E-state index < -0.39 is 12.0 Å². The van der Waals surface area contributed by atoms with Gasteiger partial charge in [-0.05, 0) is 12.1 Å². The third-order valence-corrected chi connectivity index (χ3v) is 2.44. The second-order valence-corrected chi connectivity index (χ2v) is 3.93. The minimum Gasteiger partial charge on any atom is -0.480 e. The van der Waals surface area contributed by atoms with Crippen molar-refractivity contribution in [3.8, 4) is 6.07 Å². The molecule has 0 heterocycles. The van der Waals surface area contributed by atoms with E-state index in [-0.39, 0.29) is 19.5 Å². The summed E-state index contributed by atoms with van der Waals surface area (Å²) in [5, 5.41) is 17.3. The highest BCUT2D eigenvalue weighted by atomic mass is 16.4. The zero-order valence-electron chi connectivity index (χ0n) is 10.6. The van der Waals surface area contributed by atoms with Gasteiger partial charge in [0.05, 0.1) is 12.5 Å². The lowest BCUT2D eigenvalue weighted by Gasteiger charge is -2.26. The summed E-state index contributed by atoms with van der Waals surface area (Å²) in [7, 11) is 1.42. The first-order chi connectivity index (χ1) is 9.06. The number of carboxylic acid groups (broad SMARTS) is 1. The predicted octanol–water partition coefficient (Wildman–Crippen LogP) is 1.54. The molecule has 0 atom stereocenters. The number of amides is 2. The lowest BCUT2D eigenvalue weighted by molar-refractivity contribution is -0.137. The van der Waals surface area contributed by atoms with Crippen molar-refractivity contribution >= 4 is 17.7 Å². The number of benzene rings is 1. The van der Waals surface area contributed by atoms with Gasteiger partial charge < -0.3 is 10.0 Å². The molecule has 0 fully saturated rings. The monoisotopic (exact) mass is 261 g/mol. The van der Waals surface area contributed by atoms with Gasteiger partial charge in [0.15, 0.2) is 0 Å². The molecular weight excluding hydrogens is 246 g/mol. The summed E-state index contributed by atoms with van der Waals surface area (Å²) >= 11 is 0. The van der Waals surface area contributed by atoms with E-state index in [4.69, 9.17) is 10.4 Å². The first kappa shape index (κ1) is 14.5. The molecule has 0 saturated carbocycles. The van der Waals surface area contributed by atoms with Crippen LogP contribution in [0.15, 0.2) is 30.3 Å². The number of carbonyl (C=O) groups excluding carboxylic acids is 1. The van der Waals surface area contributed by atoms with Crippen LogP contribution in [-0.2, 0) is 4.79 Å². The number of likely N-dealkylation sites (N-methyl/N-ethyl adjacent to an activating group) is 1. The zero-order valence-corrected chi connectivity index (χ0v) is 10.6. The molecule has 19 heavy (non-hydrogen) atoms. The van der Waals surface area contributed by atoms with E-state index in [1.54, 1.807) is 24.3 Å². The normalized spacial score (nSPS) is 9.47. The average molecular weight is 261 g/mol. The van der Waals surface area contributed by atoms with Crippen LogP contribution in [0, 0.1) is 11.3 Å². The van der Waals surface area contributed by atoms with E-state index in [0.29, 0.717) is 5.69 Å². The molecule has 100 valence electrons. The Morgan fingerprint density at radius 1 is 1.32 bits per heavy atom. The Morgan fingerprint density at radius 3 is 2.47 bits per heavy atom. The first-order valence-electron chi connectivity index (χ1n) is 5.72. The largest absolute Gasteiger partial charge is 0.480 e. The van der Waals surface area contributed by atoms with Gasteiger partial charge in [-0.1, -0.05) is 18.2 Å². The van der Waals surface area contributed by atoms with Gasteiger partial charge in [-0.2, -0.15) is 5.26 Å².